The van der Waals surface area contributed by atoms with Crippen LogP contribution in [0, 0.1) is 6.92 Å². The van der Waals surface area contributed by atoms with Gasteiger partial charge in [0.15, 0.2) is 4.96 Å². The summed E-state index contributed by atoms with van der Waals surface area (Å²) < 4.78 is 6.34. The van der Waals surface area contributed by atoms with E-state index in [1.807, 2.05) is 6.92 Å². The number of nitrogens with zero attached hydrogens (tertiary/aromatic N) is 2. The molecule has 0 saturated heterocycles. The number of benzene rings is 2. The van der Waals surface area contributed by atoms with E-state index in [1.54, 1.807) is 51.1 Å². The van der Waals surface area contributed by atoms with Gasteiger partial charge in [-0.25, -0.2) is 14.2 Å². The largest absolute Gasteiger partial charge is 0.459 e. The average Bonchev–Trinajstić information content (AvgIpc) is 3.26. The normalized spacial score (nSPS) is 11.0. The van der Waals surface area contributed by atoms with Crippen molar-refractivity contribution in [1.29, 1.82) is 0 Å². The fourth-order valence-electron chi connectivity index (χ4n) is 3.87. The van der Waals surface area contributed by atoms with Crippen LogP contribution in [0.5, 0.6) is 0 Å². The van der Waals surface area contributed by atoms with Crippen LogP contribution in [0.3, 0.4) is 0 Å². The van der Waals surface area contributed by atoms with Crippen LogP contribution in [0.2, 0.25) is 5.02 Å². The third-order valence-corrected chi connectivity index (χ3v) is 6.93. The molecule has 0 unspecified atom stereocenters. The first-order chi connectivity index (χ1) is 18.6. The summed E-state index contributed by atoms with van der Waals surface area (Å²) in [5.41, 5.74) is 1.93. The molecule has 0 aliphatic heterocycles. The van der Waals surface area contributed by atoms with E-state index in [-0.39, 0.29) is 21.6 Å². The number of carbonyl (C=O) groups is 3. The summed E-state index contributed by atoms with van der Waals surface area (Å²) in [4.78, 5) is 57.0. The molecule has 4 aromatic rings. The summed E-state index contributed by atoms with van der Waals surface area (Å²) in [5, 5.41) is 6.05. The Hall–Kier alpha value is -4.02. The number of nitrogens with one attached hydrogen (secondary N) is 2. The monoisotopic (exact) mass is 566 g/mol. The van der Waals surface area contributed by atoms with Crippen molar-refractivity contribution in [2.24, 2.45) is 0 Å². The van der Waals surface area contributed by atoms with E-state index in [0.717, 1.165) is 27.7 Å². The Morgan fingerprint density at radius 2 is 1.77 bits per heavy atom. The van der Waals surface area contributed by atoms with Crippen molar-refractivity contribution in [1.82, 2.24) is 9.38 Å². The lowest BCUT2D eigenvalue weighted by Crippen LogP contribution is -2.25. The van der Waals surface area contributed by atoms with Gasteiger partial charge >= 0.3 is 5.97 Å². The quantitative estimate of drug-likeness (QED) is 0.262. The highest BCUT2D eigenvalue weighted by molar-refractivity contribution is 7.19. The minimum atomic E-state index is -0.677. The summed E-state index contributed by atoms with van der Waals surface area (Å²) in [6, 6.07) is 12.5. The van der Waals surface area contributed by atoms with Gasteiger partial charge in [-0.2, -0.15) is 0 Å². The molecule has 2 aromatic carbocycles. The lowest BCUT2D eigenvalue weighted by molar-refractivity contribution is 0.0377. The first-order valence-electron chi connectivity index (χ1n) is 12.3. The van der Waals surface area contributed by atoms with Crippen LogP contribution in [-0.4, -0.2) is 33.3 Å². The number of fused-ring (bicyclic) bond motifs is 1. The van der Waals surface area contributed by atoms with E-state index < -0.39 is 23.3 Å². The van der Waals surface area contributed by atoms with Crippen LogP contribution in [0.25, 0.3) is 4.96 Å². The molecule has 0 saturated carbocycles. The molecule has 4 rings (SSSR count). The molecule has 202 valence electrons. The number of anilines is 2. The molecule has 0 spiro atoms. The molecule has 0 aliphatic rings. The SMILES string of the molecule is CCCc1cc(=O)n2c(C(=O)Nc3ccc(C(=O)OC(C)C)cc3)c(C(=O)Nc3ccc(Cl)cc3C)sc2n1. The lowest BCUT2D eigenvalue weighted by atomic mass is 10.2. The number of amides is 2. The van der Waals surface area contributed by atoms with Crippen molar-refractivity contribution in [3.05, 3.63) is 91.3 Å². The smallest absolute Gasteiger partial charge is 0.338 e. The van der Waals surface area contributed by atoms with Crippen LogP contribution in [0.1, 0.15) is 69.0 Å². The van der Waals surface area contributed by atoms with Crippen molar-refractivity contribution in [2.75, 3.05) is 10.6 Å². The molecule has 0 aliphatic carbocycles. The number of esters is 1. The number of aryl methyl sites for hydroxylation is 2. The minimum absolute atomic E-state index is 0.0252. The highest BCUT2D eigenvalue weighted by Crippen LogP contribution is 2.26. The van der Waals surface area contributed by atoms with E-state index in [4.69, 9.17) is 16.3 Å². The van der Waals surface area contributed by atoms with Crippen LogP contribution in [0.15, 0.2) is 53.3 Å². The third kappa shape index (κ3) is 6.35. The Morgan fingerprint density at radius 1 is 1.05 bits per heavy atom. The van der Waals surface area contributed by atoms with E-state index in [0.29, 0.717) is 34.1 Å². The predicted octanol–water partition coefficient (Wildman–Crippen LogP) is 5.74. The predicted molar refractivity (Wildman–Crippen MR) is 152 cm³/mol. The molecule has 2 aromatic heterocycles. The zero-order valence-electron chi connectivity index (χ0n) is 21.8. The molecule has 0 atom stereocenters. The van der Waals surface area contributed by atoms with E-state index in [1.165, 1.54) is 18.2 Å². The van der Waals surface area contributed by atoms with E-state index in [2.05, 4.69) is 15.6 Å². The van der Waals surface area contributed by atoms with Crippen molar-refractivity contribution in [3.8, 4) is 0 Å². The van der Waals surface area contributed by atoms with Crippen molar-refractivity contribution in [2.45, 2.75) is 46.6 Å². The molecule has 2 amide bonds. The maximum atomic E-state index is 13.5. The Balaban J connectivity index is 1.72. The van der Waals surface area contributed by atoms with Gasteiger partial charge in [-0.15, -0.1) is 0 Å². The Morgan fingerprint density at radius 3 is 2.41 bits per heavy atom. The number of carbonyl (C=O) groups excluding carboxylic acids is 3. The number of ether oxygens (including phenoxy) is 1. The highest BCUT2D eigenvalue weighted by Gasteiger charge is 2.27. The Kier molecular flexibility index (Phi) is 8.47. The number of hydrogen-bond donors (Lipinski definition) is 2. The first-order valence-corrected chi connectivity index (χ1v) is 13.5. The molecule has 39 heavy (non-hydrogen) atoms. The second-order valence-electron chi connectivity index (χ2n) is 9.13. The van der Waals surface area contributed by atoms with Crippen molar-refractivity contribution < 1.29 is 19.1 Å². The van der Waals surface area contributed by atoms with Crippen molar-refractivity contribution in [3.63, 3.8) is 0 Å². The number of hydrogen-bond acceptors (Lipinski definition) is 7. The third-order valence-electron chi connectivity index (χ3n) is 5.66. The standard InChI is InChI=1S/C28H27ClN4O5S/c1-5-6-20-14-22(34)33-23(25(35)30-19-10-7-17(8-11-19)27(37)38-15(2)3)24(39-28(33)31-20)26(36)32-21-12-9-18(29)13-16(21)4/h7-15H,5-6H2,1-4H3,(H,30,35)(H,32,36). The molecule has 0 fully saturated rings. The van der Waals surface area contributed by atoms with Gasteiger partial charge in [-0.05, 0) is 75.2 Å². The molecule has 2 heterocycles. The van der Waals surface area contributed by atoms with Crippen LogP contribution in [-0.2, 0) is 11.2 Å². The van der Waals surface area contributed by atoms with Gasteiger partial charge < -0.3 is 15.4 Å². The van der Waals surface area contributed by atoms with E-state index in [9.17, 15) is 19.2 Å². The molecule has 2 N–H and O–H groups in total. The minimum Gasteiger partial charge on any atom is -0.459 e. The molecule has 9 nitrogen and oxygen atoms in total. The summed E-state index contributed by atoms with van der Waals surface area (Å²) in [6.07, 6.45) is 1.10. The number of aromatic nitrogens is 2. The van der Waals surface area contributed by atoms with Gasteiger partial charge in [0.1, 0.15) is 10.6 Å². The van der Waals surface area contributed by atoms with Gasteiger partial charge in [0.2, 0.25) is 0 Å². The number of halogens is 1. The second kappa shape index (κ2) is 11.8. The van der Waals surface area contributed by atoms with Gasteiger partial charge in [-0.3, -0.25) is 14.4 Å². The maximum absolute atomic E-state index is 13.5. The molecular weight excluding hydrogens is 540 g/mol. The highest BCUT2D eigenvalue weighted by atomic mass is 35.5. The fourth-order valence-corrected chi connectivity index (χ4v) is 5.14. The Labute approximate surface area is 233 Å². The van der Waals surface area contributed by atoms with Gasteiger partial charge in [0.05, 0.1) is 11.7 Å². The summed E-state index contributed by atoms with van der Waals surface area (Å²) in [6.45, 7) is 7.27. The molecule has 0 bridgehead atoms. The zero-order valence-corrected chi connectivity index (χ0v) is 23.4. The summed E-state index contributed by atoms with van der Waals surface area (Å²) >= 11 is 7.00. The Bertz CT molecular complexity index is 1630. The topological polar surface area (TPSA) is 119 Å². The van der Waals surface area contributed by atoms with Crippen LogP contribution < -0.4 is 16.2 Å². The molecule has 0 radical (unpaired) electrons. The zero-order chi connectivity index (χ0) is 28.3. The maximum Gasteiger partial charge on any atom is 0.338 e. The van der Waals surface area contributed by atoms with Gasteiger partial charge in [0, 0.05) is 28.2 Å². The second-order valence-corrected chi connectivity index (χ2v) is 10.5. The van der Waals surface area contributed by atoms with E-state index >= 15 is 0 Å². The lowest BCUT2D eigenvalue weighted by Gasteiger charge is -2.11. The number of rotatable bonds is 8. The first kappa shape index (κ1) is 28.0. The van der Waals surface area contributed by atoms with Gasteiger partial charge in [-0.1, -0.05) is 36.3 Å². The molecular formula is C28H27ClN4O5S. The van der Waals surface area contributed by atoms with Crippen molar-refractivity contribution >= 4 is 57.1 Å². The number of thiazole rings is 1. The fraction of sp³-hybridized carbons (Fsp3) is 0.250. The summed E-state index contributed by atoms with van der Waals surface area (Å²) in [7, 11) is 0. The molecule has 11 heteroatoms. The van der Waals surface area contributed by atoms with Crippen LogP contribution >= 0.6 is 22.9 Å². The van der Waals surface area contributed by atoms with Gasteiger partial charge in [0.25, 0.3) is 17.4 Å². The average molecular weight is 567 g/mol. The summed E-state index contributed by atoms with van der Waals surface area (Å²) in [5.74, 6) is -1.73. The van der Waals surface area contributed by atoms with Crippen LogP contribution in [0.4, 0.5) is 11.4 Å².